The lowest BCUT2D eigenvalue weighted by Crippen LogP contribution is -2.07. The Labute approximate surface area is 111 Å². The van der Waals surface area contributed by atoms with Gasteiger partial charge >= 0.3 is 0 Å². The molecule has 0 aliphatic carbocycles. The summed E-state index contributed by atoms with van der Waals surface area (Å²) in [5.74, 6) is -1.82. The van der Waals surface area contributed by atoms with E-state index in [4.69, 9.17) is 0 Å². The van der Waals surface area contributed by atoms with Gasteiger partial charge < -0.3 is 0 Å². The summed E-state index contributed by atoms with van der Waals surface area (Å²) < 4.78 is 27.3. The molecule has 0 N–H and O–H groups in total. The zero-order chi connectivity index (χ0) is 13.1. The number of aromatic nitrogens is 1. The van der Waals surface area contributed by atoms with Crippen LogP contribution in [-0.4, -0.2) is 10.8 Å². The fourth-order valence-electron chi connectivity index (χ4n) is 1.53. The molecule has 0 amide bonds. The third kappa shape index (κ3) is 2.61. The van der Waals surface area contributed by atoms with E-state index >= 15 is 0 Å². The van der Waals surface area contributed by atoms with Gasteiger partial charge in [0.15, 0.2) is 5.78 Å². The lowest BCUT2D eigenvalue weighted by Gasteiger charge is -2.06. The number of rotatable bonds is 3. The van der Waals surface area contributed by atoms with Crippen molar-refractivity contribution >= 4 is 21.7 Å². The predicted molar refractivity (Wildman–Crippen MR) is 66.3 cm³/mol. The largest absolute Gasteiger partial charge is 0.294 e. The third-order valence-corrected chi connectivity index (χ3v) is 3.09. The average Bonchev–Trinajstić information content (AvgIpc) is 2.40. The second-order valence-electron chi connectivity index (χ2n) is 3.66. The molecule has 1 aromatic heterocycles. The minimum atomic E-state index is -0.739. The molecule has 0 spiro atoms. The van der Waals surface area contributed by atoms with Crippen LogP contribution in [-0.2, 0) is 6.42 Å². The number of hydrogen-bond donors (Lipinski definition) is 0. The molecule has 1 heterocycles. The fourth-order valence-corrected chi connectivity index (χ4v) is 1.90. The molecule has 0 atom stereocenters. The van der Waals surface area contributed by atoms with Crippen molar-refractivity contribution in [2.45, 2.75) is 6.42 Å². The van der Waals surface area contributed by atoms with Gasteiger partial charge in [0.2, 0.25) is 0 Å². The van der Waals surface area contributed by atoms with E-state index in [1.54, 1.807) is 0 Å². The molecule has 0 radical (unpaired) electrons. The van der Waals surface area contributed by atoms with E-state index in [1.807, 2.05) is 0 Å². The zero-order valence-corrected chi connectivity index (χ0v) is 10.7. The maximum absolute atomic E-state index is 13.7. The van der Waals surface area contributed by atoms with E-state index in [0.29, 0.717) is 5.56 Å². The smallest absolute Gasteiger partial charge is 0.167 e. The highest BCUT2D eigenvalue weighted by atomic mass is 79.9. The molecular formula is C13H8BrF2NO. The maximum atomic E-state index is 13.7. The van der Waals surface area contributed by atoms with Gasteiger partial charge in [-0.3, -0.25) is 9.78 Å². The van der Waals surface area contributed by atoms with Crippen molar-refractivity contribution in [2.24, 2.45) is 0 Å². The molecule has 5 heteroatoms. The summed E-state index contributed by atoms with van der Waals surface area (Å²) in [6.45, 7) is 0. The first kappa shape index (κ1) is 12.8. The summed E-state index contributed by atoms with van der Waals surface area (Å²) in [5, 5.41) is 0. The molecule has 2 aromatic rings. The van der Waals surface area contributed by atoms with Gasteiger partial charge in [-0.2, -0.15) is 0 Å². The molecule has 0 saturated carbocycles. The second-order valence-corrected chi connectivity index (χ2v) is 4.51. The van der Waals surface area contributed by atoms with E-state index in [1.165, 1.54) is 30.6 Å². The Morgan fingerprint density at radius 2 is 1.83 bits per heavy atom. The van der Waals surface area contributed by atoms with Crippen molar-refractivity contribution in [3.8, 4) is 0 Å². The second kappa shape index (κ2) is 5.35. The van der Waals surface area contributed by atoms with Gasteiger partial charge in [0, 0.05) is 29.9 Å². The number of Topliss-reactive ketones (excluding diaryl/α,β-unsaturated/α-hetero) is 1. The summed E-state index contributed by atoms with van der Waals surface area (Å²) in [6, 6.07) is 5.42. The van der Waals surface area contributed by atoms with Crippen molar-refractivity contribution < 1.29 is 13.6 Å². The molecule has 0 aliphatic rings. The lowest BCUT2D eigenvalue weighted by molar-refractivity contribution is 0.0990. The summed E-state index contributed by atoms with van der Waals surface area (Å²) in [5.41, 5.74) is 0.148. The van der Waals surface area contributed by atoms with Crippen molar-refractivity contribution in [1.29, 1.82) is 0 Å². The lowest BCUT2D eigenvalue weighted by atomic mass is 10.0. The Kier molecular flexibility index (Phi) is 3.81. The number of hydrogen-bond acceptors (Lipinski definition) is 2. The maximum Gasteiger partial charge on any atom is 0.167 e. The monoisotopic (exact) mass is 311 g/mol. The molecular weight excluding hydrogens is 304 g/mol. The van der Waals surface area contributed by atoms with Crippen LogP contribution in [0.4, 0.5) is 8.78 Å². The number of carbonyl (C=O) groups excluding carboxylic acids is 1. The van der Waals surface area contributed by atoms with Crippen LogP contribution in [0.5, 0.6) is 0 Å². The van der Waals surface area contributed by atoms with Crippen molar-refractivity contribution in [3.05, 3.63) is 63.9 Å². The Morgan fingerprint density at radius 3 is 2.50 bits per heavy atom. The number of pyridine rings is 1. The molecule has 0 bridgehead atoms. The van der Waals surface area contributed by atoms with Crippen LogP contribution in [0.2, 0.25) is 0 Å². The summed E-state index contributed by atoms with van der Waals surface area (Å²) >= 11 is 2.96. The highest BCUT2D eigenvalue weighted by Gasteiger charge is 2.16. The minimum Gasteiger partial charge on any atom is -0.294 e. The topological polar surface area (TPSA) is 30.0 Å². The first-order valence-corrected chi connectivity index (χ1v) is 5.94. The van der Waals surface area contributed by atoms with Gasteiger partial charge in [-0.05, 0) is 40.2 Å². The van der Waals surface area contributed by atoms with Crippen molar-refractivity contribution in [2.75, 3.05) is 0 Å². The first-order valence-electron chi connectivity index (χ1n) is 5.15. The highest BCUT2D eigenvalue weighted by Crippen LogP contribution is 2.22. The predicted octanol–water partition coefficient (Wildman–Crippen LogP) is 3.55. The standard InChI is InChI=1S/C13H8BrF2NO/c14-10-1-2-11(15)9(13(10)16)7-12(18)8-3-5-17-6-4-8/h1-6H,7H2. The Morgan fingerprint density at radius 1 is 1.17 bits per heavy atom. The van der Waals surface area contributed by atoms with Gasteiger partial charge in [0.05, 0.1) is 4.47 Å². The number of halogens is 3. The Balaban J connectivity index is 2.30. The minimum absolute atomic E-state index is 0.140. The Hall–Kier alpha value is -1.62. The molecule has 0 aliphatic heterocycles. The summed E-state index contributed by atoms with van der Waals surface area (Å²) in [4.78, 5) is 15.6. The van der Waals surface area contributed by atoms with E-state index in [9.17, 15) is 13.6 Å². The first-order chi connectivity index (χ1) is 8.59. The number of carbonyl (C=O) groups is 1. The van der Waals surface area contributed by atoms with E-state index in [-0.39, 0.29) is 22.2 Å². The van der Waals surface area contributed by atoms with E-state index in [0.717, 1.165) is 6.07 Å². The van der Waals surface area contributed by atoms with Crippen LogP contribution in [0.3, 0.4) is 0 Å². The van der Waals surface area contributed by atoms with Crippen LogP contribution in [0, 0.1) is 11.6 Å². The number of nitrogens with zero attached hydrogens (tertiary/aromatic N) is 1. The molecule has 1 aromatic carbocycles. The quantitative estimate of drug-likeness (QED) is 0.641. The van der Waals surface area contributed by atoms with Gasteiger partial charge in [-0.15, -0.1) is 0 Å². The molecule has 2 nitrogen and oxygen atoms in total. The summed E-state index contributed by atoms with van der Waals surface area (Å²) in [6.07, 6.45) is 2.60. The molecule has 0 fully saturated rings. The summed E-state index contributed by atoms with van der Waals surface area (Å²) in [7, 11) is 0. The van der Waals surface area contributed by atoms with Gasteiger partial charge in [-0.1, -0.05) is 0 Å². The normalized spacial score (nSPS) is 10.4. The van der Waals surface area contributed by atoms with E-state index in [2.05, 4.69) is 20.9 Å². The fraction of sp³-hybridized carbons (Fsp3) is 0.0769. The van der Waals surface area contributed by atoms with Crippen LogP contribution >= 0.6 is 15.9 Å². The third-order valence-electron chi connectivity index (χ3n) is 2.48. The van der Waals surface area contributed by atoms with Crippen molar-refractivity contribution in [3.63, 3.8) is 0 Å². The van der Waals surface area contributed by atoms with Gasteiger partial charge in [-0.25, -0.2) is 8.78 Å². The van der Waals surface area contributed by atoms with Crippen LogP contribution in [0.25, 0.3) is 0 Å². The number of ketones is 1. The van der Waals surface area contributed by atoms with Crippen LogP contribution < -0.4 is 0 Å². The van der Waals surface area contributed by atoms with Crippen LogP contribution in [0.1, 0.15) is 15.9 Å². The average molecular weight is 312 g/mol. The van der Waals surface area contributed by atoms with Crippen LogP contribution in [0.15, 0.2) is 41.1 Å². The van der Waals surface area contributed by atoms with Gasteiger partial charge in [0.1, 0.15) is 11.6 Å². The highest BCUT2D eigenvalue weighted by molar-refractivity contribution is 9.10. The SMILES string of the molecule is O=C(Cc1c(F)ccc(Br)c1F)c1ccncc1. The molecule has 92 valence electrons. The molecule has 2 rings (SSSR count). The molecule has 0 saturated heterocycles. The zero-order valence-electron chi connectivity index (χ0n) is 9.16. The van der Waals surface area contributed by atoms with Crippen molar-refractivity contribution in [1.82, 2.24) is 4.98 Å². The van der Waals surface area contributed by atoms with E-state index < -0.39 is 11.6 Å². The molecule has 0 unspecified atom stereocenters. The molecule has 18 heavy (non-hydrogen) atoms. The number of benzene rings is 1. The Bertz CT molecular complexity index is 587. The van der Waals surface area contributed by atoms with Gasteiger partial charge in [0.25, 0.3) is 0 Å².